The van der Waals surface area contributed by atoms with Crippen molar-refractivity contribution in [2.75, 3.05) is 59.0 Å². The van der Waals surface area contributed by atoms with Crippen molar-refractivity contribution in [1.29, 1.82) is 0 Å². The fourth-order valence-electron chi connectivity index (χ4n) is 6.35. The summed E-state index contributed by atoms with van der Waals surface area (Å²) in [5, 5.41) is 10.1. The summed E-state index contributed by atoms with van der Waals surface area (Å²) in [6, 6.07) is 10.2. The summed E-state index contributed by atoms with van der Waals surface area (Å²) in [5.74, 6) is -1.05. The van der Waals surface area contributed by atoms with Crippen LogP contribution < -0.4 is 15.4 Å². The fraction of sp³-hybridized carbons (Fsp3) is 0.562. The third-order valence-electron chi connectivity index (χ3n) is 9.26. The lowest BCUT2D eigenvalue weighted by atomic mass is 9.93. The number of hydrogen-bond acceptors (Lipinski definition) is 7. The highest BCUT2D eigenvalue weighted by atomic mass is 16.5. The molecule has 14 heteroatoms. The molecule has 46 heavy (non-hydrogen) atoms. The second kappa shape index (κ2) is 14.2. The maximum atomic E-state index is 13.2. The number of piperazine rings is 1. The van der Waals surface area contributed by atoms with Gasteiger partial charge >= 0.3 is 6.03 Å². The Balaban J connectivity index is 1.04. The Morgan fingerprint density at radius 1 is 0.783 bits per heavy atom. The molecule has 246 valence electrons. The van der Waals surface area contributed by atoms with Gasteiger partial charge in [0, 0.05) is 57.9 Å². The molecule has 4 aliphatic rings. The SMILES string of the molecule is O=C(NCC(=O)N1CCN(C(=O)N2CCCC2)CC1)c1cc(OCC(=O)N2CCC[C@H]2C(=O)NC2CCC2)n(-c2ccccc2)n1. The van der Waals surface area contributed by atoms with Gasteiger partial charge in [-0.15, -0.1) is 0 Å². The minimum absolute atomic E-state index is 0.0269. The zero-order valence-corrected chi connectivity index (χ0v) is 26.1. The van der Waals surface area contributed by atoms with Crippen molar-refractivity contribution in [3.63, 3.8) is 0 Å². The smallest absolute Gasteiger partial charge is 0.320 e. The minimum atomic E-state index is -0.561. The van der Waals surface area contributed by atoms with E-state index in [1.165, 1.54) is 10.7 Å². The summed E-state index contributed by atoms with van der Waals surface area (Å²) in [6.07, 6.45) is 6.46. The molecule has 6 rings (SSSR count). The van der Waals surface area contributed by atoms with E-state index < -0.39 is 11.9 Å². The van der Waals surface area contributed by atoms with Crippen molar-refractivity contribution in [1.82, 2.24) is 40.0 Å². The number of rotatable bonds is 9. The van der Waals surface area contributed by atoms with Gasteiger partial charge in [-0.3, -0.25) is 19.2 Å². The van der Waals surface area contributed by atoms with Crippen LogP contribution in [0.1, 0.15) is 55.4 Å². The highest BCUT2D eigenvalue weighted by molar-refractivity contribution is 5.95. The second-order valence-electron chi connectivity index (χ2n) is 12.3. The first kappa shape index (κ1) is 31.4. The normalized spacial score (nSPS) is 20.0. The van der Waals surface area contributed by atoms with Gasteiger partial charge in [-0.2, -0.15) is 5.10 Å². The van der Waals surface area contributed by atoms with E-state index in [9.17, 15) is 24.0 Å². The number of hydrogen-bond donors (Lipinski definition) is 2. The molecule has 0 radical (unpaired) electrons. The molecule has 6 amide bonds. The first-order valence-corrected chi connectivity index (χ1v) is 16.4. The third kappa shape index (κ3) is 7.10. The summed E-state index contributed by atoms with van der Waals surface area (Å²) in [4.78, 5) is 71.5. The number of carbonyl (C=O) groups is 5. The Labute approximate surface area is 268 Å². The van der Waals surface area contributed by atoms with Crippen molar-refractivity contribution >= 4 is 29.7 Å². The second-order valence-corrected chi connectivity index (χ2v) is 12.3. The van der Waals surface area contributed by atoms with Crippen molar-refractivity contribution < 1.29 is 28.7 Å². The van der Waals surface area contributed by atoms with Crippen molar-refractivity contribution in [2.24, 2.45) is 0 Å². The average Bonchev–Trinajstić information content (AvgIpc) is 3.86. The Bertz CT molecular complexity index is 1430. The van der Waals surface area contributed by atoms with Gasteiger partial charge in [0.25, 0.3) is 11.8 Å². The summed E-state index contributed by atoms with van der Waals surface area (Å²) in [6.45, 7) is 3.23. The summed E-state index contributed by atoms with van der Waals surface area (Å²) >= 11 is 0. The molecule has 14 nitrogen and oxygen atoms in total. The lowest BCUT2D eigenvalue weighted by Gasteiger charge is -2.36. The molecule has 1 aliphatic carbocycles. The van der Waals surface area contributed by atoms with E-state index >= 15 is 0 Å². The van der Waals surface area contributed by atoms with Crippen LogP contribution in [0.4, 0.5) is 4.79 Å². The largest absolute Gasteiger partial charge is 0.467 e. The zero-order chi connectivity index (χ0) is 32.0. The van der Waals surface area contributed by atoms with E-state index in [1.807, 2.05) is 23.1 Å². The van der Waals surface area contributed by atoms with Gasteiger partial charge in [-0.05, 0) is 57.1 Å². The molecule has 1 atom stereocenters. The van der Waals surface area contributed by atoms with Crippen LogP contribution in [0.15, 0.2) is 36.4 Å². The summed E-state index contributed by atoms with van der Waals surface area (Å²) in [5.41, 5.74) is 0.652. The molecule has 0 bridgehead atoms. The first-order valence-electron chi connectivity index (χ1n) is 16.4. The molecule has 0 spiro atoms. The molecule has 4 fully saturated rings. The van der Waals surface area contributed by atoms with Crippen LogP contribution >= 0.6 is 0 Å². The number of nitrogens with one attached hydrogen (secondary N) is 2. The topological polar surface area (TPSA) is 149 Å². The van der Waals surface area contributed by atoms with Crippen LogP contribution in [0.3, 0.4) is 0 Å². The highest BCUT2D eigenvalue weighted by Gasteiger charge is 2.36. The Morgan fingerprint density at radius 2 is 1.48 bits per heavy atom. The lowest BCUT2D eigenvalue weighted by Crippen LogP contribution is -2.55. The van der Waals surface area contributed by atoms with Crippen LogP contribution in [-0.4, -0.2) is 130 Å². The van der Waals surface area contributed by atoms with Gasteiger partial charge in [0.1, 0.15) is 6.04 Å². The molecule has 2 N–H and O–H groups in total. The van der Waals surface area contributed by atoms with Gasteiger partial charge in [0.15, 0.2) is 12.3 Å². The number of ether oxygens (including phenoxy) is 1. The number of amides is 6. The number of carbonyl (C=O) groups excluding carboxylic acids is 5. The van der Waals surface area contributed by atoms with Crippen LogP contribution in [0.2, 0.25) is 0 Å². The molecule has 0 unspecified atom stereocenters. The molecular formula is C32H42N8O6. The van der Waals surface area contributed by atoms with Crippen LogP contribution in [0.5, 0.6) is 5.88 Å². The maximum Gasteiger partial charge on any atom is 0.320 e. The minimum Gasteiger partial charge on any atom is -0.467 e. The standard InChI is InChI=1S/C32H42N8O6/c41-27(36-16-18-38(19-17-36)32(45)37-13-4-5-14-37)21-33-30(43)25-20-29(40(35-25)24-10-2-1-3-11-24)46-22-28(42)39-15-7-12-26(39)31(44)34-23-8-6-9-23/h1-3,10-11,20,23,26H,4-9,12-19,21-22H2,(H,33,43)(H,34,44)/t26-/m0/s1. The third-order valence-corrected chi connectivity index (χ3v) is 9.26. The number of likely N-dealkylation sites (tertiary alicyclic amines) is 2. The van der Waals surface area contributed by atoms with E-state index in [-0.39, 0.29) is 54.5 Å². The Hall–Kier alpha value is -4.62. The number of para-hydroxylation sites is 1. The van der Waals surface area contributed by atoms with E-state index in [4.69, 9.17) is 4.74 Å². The number of nitrogens with zero attached hydrogens (tertiary/aromatic N) is 6. The van der Waals surface area contributed by atoms with Gasteiger partial charge in [-0.25, -0.2) is 9.48 Å². The van der Waals surface area contributed by atoms with Crippen LogP contribution in [0.25, 0.3) is 5.69 Å². The predicted molar refractivity (Wildman–Crippen MR) is 166 cm³/mol. The highest BCUT2D eigenvalue weighted by Crippen LogP contribution is 2.23. The molecule has 3 aliphatic heterocycles. The molecule has 3 saturated heterocycles. The summed E-state index contributed by atoms with van der Waals surface area (Å²) in [7, 11) is 0. The van der Waals surface area contributed by atoms with Gasteiger partial charge < -0.3 is 35.0 Å². The van der Waals surface area contributed by atoms with E-state index in [0.717, 1.165) is 51.6 Å². The van der Waals surface area contributed by atoms with Gasteiger partial charge in [0.2, 0.25) is 17.7 Å². The Kier molecular flexibility index (Phi) is 9.69. The molecule has 4 heterocycles. The number of benzene rings is 1. The maximum absolute atomic E-state index is 13.2. The van der Waals surface area contributed by atoms with Gasteiger partial charge in [0.05, 0.1) is 12.2 Å². The predicted octanol–water partition coefficient (Wildman–Crippen LogP) is 1.00. The first-order chi connectivity index (χ1) is 22.4. The molecule has 1 saturated carbocycles. The zero-order valence-electron chi connectivity index (χ0n) is 26.1. The van der Waals surface area contributed by atoms with E-state index in [2.05, 4.69) is 15.7 Å². The van der Waals surface area contributed by atoms with Crippen molar-refractivity contribution in [3.8, 4) is 11.6 Å². The lowest BCUT2D eigenvalue weighted by molar-refractivity contribution is -0.140. The fourth-order valence-corrected chi connectivity index (χ4v) is 6.35. The van der Waals surface area contributed by atoms with Crippen molar-refractivity contribution in [3.05, 3.63) is 42.1 Å². The number of urea groups is 1. The monoisotopic (exact) mass is 634 g/mol. The molecule has 1 aromatic carbocycles. The van der Waals surface area contributed by atoms with Crippen molar-refractivity contribution in [2.45, 2.75) is 57.0 Å². The molecular weight excluding hydrogens is 592 g/mol. The van der Waals surface area contributed by atoms with E-state index in [1.54, 1.807) is 26.8 Å². The van der Waals surface area contributed by atoms with Crippen LogP contribution in [0, 0.1) is 0 Å². The number of aromatic nitrogens is 2. The molecule has 2 aromatic rings. The average molecular weight is 635 g/mol. The van der Waals surface area contributed by atoms with E-state index in [0.29, 0.717) is 44.8 Å². The Morgan fingerprint density at radius 3 is 2.17 bits per heavy atom. The summed E-state index contributed by atoms with van der Waals surface area (Å²) < 4.78 is 7.35. The van der Waals surface area contributed by atoms with Crippen LogP contribution in [-0.2, 0) is 14.4 Å². The molecule has 1 aromatic heterocycles. The van der Waals surface area contributed by atoms with Gasteiger partial charge in [-0.1, -0.05) is 18.2 Å². The quantitative estimate of drug-likeness (QED) is 0.418.